The number of hydrogen-bond donors (Lipinski definition) is 2. The van der Waals surface area contributed by atoms with Crippen LogP contribution in [0.3, 0.4) is 0 Å². The Labute approximate surface area is 221 Å². The summed E-state index contributed by atoms with van der Waals surface area (Å²) >= 11 is 0. The highest BCUT2D eigenvalue weighted by Gasteiger charge is 2.53. The molecule has 2 atom stereocenters. The lowest BCUT2D eigenvalue weighted by Gasteiger charge is -2.31. The molecule has 38 heavy (non-hydrogen) atoms. The molecule has 1 aliphatic heterocycles. The predicted octanol–water partition coefficient (Wildman–Crippen LogP) is 3.83. The Morgan fingerprint density at radius 1 is 1.29 bits per heavy atom. The fraction of sp³-hybridized carbons (Fsp3) is 0.407. The number of carbonyl (C=O) groups is 1. The number of benzene rings is 2. The standard InChI is InChI=1S/C27H33N5O6/c1-4-14-27(26(34)29-18-23(35-2)36-3)24(22-9-6-5-8-20(22)17-30-32-28)38-25(31-27)19-10-12-21(13-11-19)37-16-7-15-33/h4-6,8-13,23-24,33H,1,7,14-18H2,2-3H3,(H,29,34)/t24-,27-/m1/s1. The molecule has 0 saturated carbocycles. The lowest BCUT2D eigenvalue weighted by atomic mass is 9.82. The van der Waals surface area contributed by atoms with Gasteiger partial charge < -0.3 is 29.4 Å². The zero-order valence-electron chi connectivity index (χ0n) is 21.6. The van der Waals surface area contributed by atoms with E-state index in [-0.39, 0.29) is 37.9 Å². The van der Waals surface area contributed by atoms with Crippen LogP contribution >= 0.6 is 0 Å². The van der Waals surface area contributed by atoms with Crippen molar-refractivity contribution in [1.29, 1.82) is 0 Å². The second kappa shape index (κ2) is 14.2. The van der Waals surface area contributed by atoms with Crippen molar-refractivity contribution in [3.63, 3.8) is 0 Å². The molecule has 11 heteroatoms. The lowest BCUT2D eigenvalue weighted by Crippen LogP contribution is -2.50. The van der Waals surface area contributed by atoms with Crippen LogP contribution in [0.15, 0.2) is 71.3 Å². The second-order valence-electron chi connectivity index (χ2n) is 8.48. The molecule has 0 saturated heterocycles. The highest BCUT2D eigenvalue weighted by atomic mass is 16.7. The third kappa shape index (κ3) is 6.70. The molecule has 1 heterocycles. The van der Waals surface area contributed by atoms with E-state index in [1.807, 2.05) is 24.3 Å². The molecule has 2 aromatic carbocycles. The predicted molar refractivity (Wildman–Crippen MR) is 142 cm³/mol. The van der Waals surface area contributed by atoms with E-state index in [2.05, 4.69) is 21.9 Å². The molecule has 0 aromatic heterocycles. The summed E-state index contributed by atoms with van der Waals surface area (Å²) in [6.45, 7) is 4.50. The number of ether oxygens (including phenoxy) is 4. The van der Waals surface area contributed by atoms with Crippen LogP contribution in [0.25, 0.3) is 10.4 Å². The molecule has 2 N–H and O–H groups in total. The van der Waals surface area contributed by atoms with Crippen LogP contribution in [0, 0.1) is 0 Å². The fourth-order valence-corrected chi connectivity index (χ4v) is 4.15. The third-order valence-electron chi connectivity index (χ3n) is 6.08. The minimum Gasteiger partial charge on any atom is -0.494 e. The summed E-state index contributed by atoms with van der Waals surface area (Å²) < 4.78 is 22.5. The average Bonchev–Trinajstić information content (AvgIpc) is 3.33. The largest absolute Gasteiger partial charge is 0.494 e. The first kappa shape index (κ1) is 28.7. The molecule has 1 amide bonds. The molecule has 0 radical (unpaired) electrons. The van der Waals surface area contributed by atoms with Crippen LogP contribution in [0.4, 0.5) is 0 Å². The molecule has 0 unspecified atom stereocenters. The summed E-state index contributed by atoms with van der Waals surface area (Å²) in [7, 11) is 2.97. The van der Waals surface area contributed by atoms with Gasteiger partial charge in [-0.05, 0) is 40.9 Å². The van der Waals surface area contributed by atoms with Gasteiger partial charge in [-0.3, -0.25) is 4.79 Å². The van der Waals surface area contributed by atoms with Gasteiger partial charge in [0.25, 0.3) is 5.91 Å². The Morgan fingerprint density at radius 2 is 2.03 bits per heavy atom. The molecule has 202 valence electrons. The van der Waals surface area contributed by atoms with Gasteiger partial charge in [-0.25, -0.2) is 4.99 Å². The highest BCUT2D eigenvalue weighted by molar-refractivity contribution is 6.01. The summed E-state index contributed by atoms with van der Waals surface area (Å²) in [5.74, 6) is 0.527. The Hall–Kier alpha value is -3.89. The molecular formula is C27H33N5O6. The highest BCUT2D eigenvalue weighted by Crippen LogP contribution is 2.44. The number of amides is 1. The first-order valence-electron chi connectivity index (χ1n) is 12.2. The molecule has 0 fully saturated rings. The van der Waals surface area contributed by atoms with E-state index >= 15 is 0 Å². The van der Waals surface area contributed by atoms with Crippen molar-refractivity contribution in [2.45, 2.75) is 37.3 Å². The van der Waals surface area contributed by atoms with Gasteiger partial charge in [0.05, 0.1) is 19.7 Å². The Balaban J connectivity index is 2.03. The lowest BCUT2D eigenvalue weighted by molar-refractivity contribution is -0.134. The maximum absolute atomic E-state index is 13.8. The maximum atomic E-state index is 13.8. The average molecular weight is 524 g/mol. The summed E-state index contributed by atoms with van der Waals surface area (Å²) in [6, 6.07) is 14.5. The number of aliphatic hydroxyl groups is 1. The number of hydrogen-bond acceptors (Lipinski definition) is 8. The minimum atomic E-state index is -1.40. The molecule has 11 nitrogen and oxygen atoms in total. The van der Waals surface area contributed by atoms with Crippen LogP contribution in [-0.4, -0.2) is 62.7 Å². The molecule has 1 aliphatic rings. The van der Waals surface area contributed by atoms with E-state index in [9.17, 15) is 4.79 Å². The van der Waals surface area contributed by atoms with Crippen molar-refractivity contribution in [2.75, 3.05) is 34.0 Å². The maximum Gasteiger partial charge on any atom is 0.252 e. The summed E-state index contributed by atoms with van der Waals surface area (Å²) in [4.78, 5) is 21.5. The van der Waals surface area contributed by atoms with Gasteiger partial charge in [-0.1, -0.05) is 35.5 Å². The van der Waals surface area contributed by atoms with Crippen molar-refractivity contribution in [1.82, 2.24) is 5.32 Å². The zero-order valence-corrected chi connectivity index (χ0v) is 21.6. The van der Waals surface area contributed by atoms with Crippen LogP contribution in [0.1, 0.15) is 35.6 Å². The van der Waals surface area contributed by atoms with E-state index in [1.54, 1.807) is 30.3 Å². The molecule has 0 bridgehead atoms. The van der Waals surface area contributed by atoms with Gasteiger partial charge in [-0.15, -0.1) is 6.58 Å². The normalized spacial score (nSPS) is 18.3. The number of nitrogens with one attached hydrogen (secondary N) is 1. The topological polar surface area (TPSA) is 147 Å². The Kier molecular flexibility index (Phi) is 10.7. The minimum absolute atomic E-state index is 0.0498. The molecular weight excluding hydrogens is 490 g/mol. The van der Waals surface area contributed by atoms with Gasteiger partial charge in [0.2, 0.25) is 5.90 Å². The number of azide groups is 1. The third-order valence-corrected chi connectivity index (χ3v) is 6.08. The number of methoxy groups -OCH3 is 2. The van der Waals surface area contributed by atoms with Crippen molar-refractivity contribution in [2.24, 2.45) is 10.1 Å². The van der Waals surface area contributed by atoms with Crippen molar-refractivity contribution >= 4 is 11.8 Å². The van der Waals surface area contributed by atoms with Crippen LogP contribution < -0.4 is 10.1 Å². The van der Waals surface area contributed by atoms with E-state index in [0.29, 0.717) is 35.5 Å². The zero-order chi connectivity index (χ0) is 27.4. The summed E-state index contributed by atoms with van der Waals surface area (Å²) in [5, 5.41) is 15.6. The smallest absolute Gasteiger partial charge is 0.252 e. The first-order valence-corrected chi connectivity index (χ1v) is 12.2. The van der Waals surface area contributed by atoms with Gasteiger partial charge >= 0.3 is 0 Å². The van der Waals surface area contributed by atoms with Gasteiger partial charge in [0, 0.05) is 44.1 Å². The van der Waals surface area contributed by atoms with E-state index in [4.69, 9.17) is 34.6 Å². The van der Waals surface area contributed by atoms with Gasteiger partial charge in [0.1, 0.15) is 5.75 Å². The summed E-state index contributed by atoms with van der Waals surface area (Å²) in [5.41, 5.74) is 9.54. The Morgan fingerprint density at radius 3 is 2.68 bits per heavy atom. The molecule has 0 spiro atoms. The molecule has 0 aliphatic carbocycles. The van der Waals surface area contributed by atoms with Crippen LogP contribution in [-0.2, 0) is 25.5 Å². The number of aliphatic hydroxyl groups excluding tert-OH is 1. The fourth-order valence-electron chi connectivity index (χ4n) is 4.15. The number of carbonyl (C=O) groups excluding carboxylic acids is 1. The Bertz CT molecular complexity index is 1160. The summed E-state index contributed by atoms with van der Waals surface area (Å²) in [6.07, 6.45) is 0.862. The monoisotopic (exact) mass is 523 g/mol. The molecule has 2 aromatic rings. The molecule has 3 rings (SSSR count). The van der Waals surface area contributed by atoms with E-state index in [1.165, 1.54) is 14.2 Å². The van der Waals surface area contributed by atoms with Crippen LogP contribution in [0.5, 0.6) is 5.75 Å². The van der Waals surface area contributed by atoms with Gasteiger partial charge in [-0.2, -0.15) is 0 Å². The SMILES string of the molecule is C=CC[C@@]1(C(=O)NCC(OC)OC)N=C(c2ccc(OCCCO)cc2)O[C@@H]1c1ccccc1CN=[N+]=[N-]. The van der Waals surface area contributed by atoms with Crippen molar-refractivity contribution < 1.29 is 28.8 Å². The second-order valence-corrected chi connectivity index (χ2v) is 8.48. The quantitative estimate of drug-likeness (QED) is 0.0905. The van der Waals surface area contributed by atoms with E-state index < -0.39 is 17.9 Å². The van der Waals surface area contributed by atoms with Crippen molar-refractivity contribution in [3.05, 3.63) is 88.3 Å². The van der Waals surface area contributed by atoms with Crippen LogP contribution in [0.2, 0.25) is 0 Å². The first-order chi connectivity index (χ1) is 18.5. The number of nitrogens with zero attached hydrogens (tertiary/aromatic N) is 4. The number of aliphatic imine (C=N–C) groups is 1. The van der Waals surface area contributed by atoms with Gasteiger partial charge in [0.15, 0.2) is 17.9 Å². The van der Waals surface area contributed by atoms with E-state index in [0.717, 1.165) is 0 Å². The number of rotatable bonds is 15. The van der Waals surface area contributed by atoms with Crippen molar-refractivity contribution in [3.8, 4) is 5.75 Å².